The van der Waals surface area contributed by atoms with E-state index in [9.17, 15) is 19.6 Å². The smallest absolute Gasteiger partial charge is 0.269 e. The third kappa shape index (κ3) is 4.12. The molecule has 0 bridgehead atoms. The minimum atomic E-state index is -0.978. The molecule has 23 heavy (non-hydrogen) atoms. The number of nitro groups is 1. The van der Waals surface area contributed by atoms with Crippen LogP contribution >= 0.6 is 0 Å². The lowest BCUT2D eigenvalue weighted by Crippen LogP contribution is -2.39. The van der Waals surface area contributed by atoms with Gasteiger partial charge < -0.3 is 10.4 Å². The van der Waals surface area contributed by atoms with Crippen LogP contribution in [0.15, 0.2) is 48.5 Å². The highest BCUT2D eigenvalue weighted by molar-refractivity contribution is 5.35. The van der Waals surface area contributed by atoms with E-state index in [1.54, 1.807) is 30.3 Å². The number of hydrogen-bond acceptors (Lipinski definition) is 4. The minimum absolute atomic E-state index is 0.0240. The van der Waals surface area contributed by atoms with Crippen LogP contribution in [0.1, 0.15) is 31.1 Å². The average Bonchev–Trinajstić information content (AvgIpc) is 2.53. The highest BCUT2D eigenvalue weighted by Gasteiger charge is 2.23. The maximum absolute atomic E-state index is 13.7. The Balaban J connectivity index is 2.06. The molecule has 0 spiro atoms. The standard InChI is InChI=1S/C17H19FN2O3/c1-17(2,12-7-9-13(10-8-12)20(22)23)19-11-16(21)14-5-3-4-6-15(14)18/h3-10,16,19,21H,11H2,1-2H3. The van der Waals surface area contributed by atoms with Crippen molar-refractivity contribution in [2.24, 2.45) is 0 Å². The van der Waals surface area contributed by atoms with E-state index in [-0.39, 0.29) is 17.8 Å². The minimum Gasteiger partial charge on any atom is -0.387 e. The van der Waals surface area contributed by atoms with Gasteiger partial charge in [0.25, 0.3) is 5.69 Å². The molecule has 6 heteroatoms. The normalized spacial score (nSPS) is 12.9. The van der Waals surface area contributed by atoms with Crippen molar-refractivity contribution >= 4 is 5.69 Å². The SMILES string of the molecule is CC(C)(NCC(O)c1ccccc1F)c1ccc([N+](=O)[O-])cc1. The first-order valence-corrected chi connectivity index (χ1v) is 7.24. The number of hydrogen-bond donors (Lipinski definition) is 2. The molecule has 0 aromatic heterocycles. The van der Waals surface area contributed by atoms with Crippen LogP contribution in [0.25, 0.3) is 0 Å². The molecule has 0 saturated heterocycles. The van der Waals surface area contributed by atoms with Crippen LogP contribution in [0.2, 0.25) is 0 Å². The number of non-ortho nitro benzene ring substituents is 1. The lowest BCUT2D eigenvalue weighted by atomic mass is 9.93. The van der Waals surface area contributed by atoms with Crippen LogP contribution in [-0.2, 0) is 5.54 Å². The molecule has 0 amide bonds. The third-order valence-electron chi connectivity index (χ3n) is 3.80. The van der Waals surface area contributed by atoms with E-state index in [2.05, 4.69) is 5.32 Å². The molecule has 5 nitrogen and oxygen atoms in total. The molecule has 122 valence electrons. The fourth-order valence-electron chi connectivity index (χ4n) is 2.31. The number of benzene rings is 2. The molecule has 0 saturated carbocycles. The Hall–Kier alpha value is -2.31. The van der Waals surface area contributed by atoms with Crippen LogP contribution in [0, 0.1) is 15.9 Å². The van der Waals surface area contributed by atoms with Crippen molar-refractivity contribution in [2.45, 2.75) is 25.5 Å². The summed E-state index contributed by atoms with van der Waals surface area (Å²) in [5, 5.41) is 24.0. The van der Waals surface area contributed by atoms with Gasteiger partial charge in [0.05, 0.1) is 11.0 Å². The first-order valence-electron chi connectivity index (χ1n) is 7.24. The Kier molecular flexibility index (Phi) is 5.08. The van der Waals surface area contributed by atoms with Gasteiger partial charge in [-0.2, -0.15) is 0 Å². The molecule has 1 atom stereocenters. The van der Waals surface area contributed by atoms with Crippen molar-refractivity contribution in [2.75, 3.05) is 6.54 Å². The number of nitro benzene ring substituents is 1. The van der Waals surface area contributed by atoms with Crippen LogP contribution in [0.4, 0.5) is 10.1 Å². The van der Waals surface area contributed by atoms with Crippen LogP contribution in [-0.4, -0.2) is 16.6 Å². The average molecular weight is 318 g/mol. The molecule has 0 aliphatic heterocycles. The van der Waals surface area contributed by atoms with Gasteiger partial charge >= 0.3 is 0 Å². The zero-order chi connectivity index (χ0) is 17.0. The molecule has 2 aromatic carbocycles. The number of rotatable bonds is 6. The molecule has 0 aliphatic carbocycles. The Bertz CT molecular complexity index is 686. The monoisotopic (exact) mass is 318 g/mol. The van der Waals surface area contributed by atoms with E-state index in [1.807, 2.05) is 13.8 Å². The molecule has 2 rings (SSSR count). The maximum atomic E-state index is 13.7. The molecular weight excluding hydrogens is 299 g/mol. The van der Waals surface area contributed by atoms with E-state index in [4.69, 9.17) is 0 Å². The third-order valence-corrected chi connectivity index (χ3v) is 3.80. The molecule has 0 radical (unpaired) electrons. The van der Waals surface area contributed by atoms with Crippen molar-refractivity contribution in [3.8, 4) is 0 Å². The number of aliphatic hydroxyl groups excluding tert-OH is 1. The van der Waals surface area contributed by atoms with E-state index >= 15 is 0 Å². The lowest BCUT2D eigenvalue weighted by Gasteiger charge is -2.28. The van der Waals surface area contributed by atoms with Gasteiger partial charge in [0.1, 0.15) is 5.82 Å². The van der Waals surface area contributed by atoms with Crippen LogP contribution in [0.3, 0.4) is 0 Å². The summed E-state index contributed by atoms with van der Waals surface area (Å²) in [7, 11) is 0. The summed E-state index contributed by atoms with van der Waals surface area (Å²) < 4.78 is 13.7. The molecule has 2 aromatic rings. The van der Waals surface area contributed by atoms with E-state index in [0.29, 0.717) is 0 Å². The van der Waals surface area contributed by atoms with Gasteiger partial charge in [0.2, 0.25) is 0 Å². The van der Waals surface area contributed by atoms with E-state index < -0.39 is 22.4 Å². The van der Waals surface area contributed by atoms with Gasteiger partial charge in [0.15, 0.2) is 0 Å². The number of nitrogens with one attached hydrogen (secondary N) is 1. The number of halogens is 1. The Morgan fingerprint density at radius 2 is 1.83 bits per heavy atom. The quantitative estimate of drug-likeness (QED) is 0.633. The molecular formula is C17H19FN2O3. The summed E-state index contributed by atoms with van der Waals surface area (Å²) in [5.74, 6) is -0.449. The Morgan fingerprint density at radius 1 is 1.22 bits per heavy atom. The van der Waals surface area contributed by atoms with Crippen LogP contribution < -0.4 is 5.32 Å². The summed E-state index contributed by atoms with van der Waals surface area (Å²) in [6.07, 6.45) is -0.978. The van der Waals surface area contributed by atoms with Gasteiger partial charge in [-0.1, -0.05) is 30.3 Å². The van der Waals surface area contributed by atoms with Crippen LogP contribution in [0.5, 0.6) is 0 Å². The fraction of sp³-hybridized carbons (Fsp3) is 0.294. The zero-order valence-electron chi connectivity index (χ0n) is 13.0. The predicted octanol–water partition coefficient (Wildman–Crippen LogP) is 3.29. The van der Waals surface area contributed by atoms with Gasteiger partial charge in [0, 0.05) is 29.8 Å². The summed E-state index contributed by atoms with van der Waals surface area (Å²) in [6, 6.07) is 12.3. The second-order valence-corrected chi connectivity index (χ2v) is 5.85. The Morgan fingerprint density at radius 3 is 2.39 bits per heavy atom. The molecule has 0 aliphatic rings. The van der Waals surface area contributed by atoms with E-state index in [1.165, 1.54) is 18.2 Å². The van der Waals surface area contributed by atoms with Gasteiger partial charge in [-0.3, -0.25) is 10.1 Å². The fourth-order valence-corrected chi connectivity index (χ4v) is 2.31. The molecule has 1 unspecified atom stereocenters. The summed E-state index contributed by atoms with van der Waals surface area (Å²) in [4.78, 5) is 10.2. The number of aliphatic hydroxyl groups is 1. The second kappa shape index (κ2) is 6.85. The summed E-state index contributed by atoms with van der Waals surface area (Å²) in [5.41, 5.74) is 0.570. The first-order chi connectivity index (χ1) is 10.8. The molecule has 0 heterocycles. The van der Waals surface area contributed by atoms with Crippen molar-refractivity contribution in [3.05, 3.63) is 75.6 Å². The largest absolute Gasteiger partial charge is 0.387 e. The van der Waals surface area contributed by atoms with Gasteiger partial charge in [-0.05, 0) is 25.5 Å². The van der Waals surface area contributed by atoms with Crippen molar-refractivity contribution in [3.63, 3.8) is 0 Å². The van der Waals surface area contributed by atoms with Crippen molar-refractivity contribution in [1.82, 2.24) is 5.32 Å². The van der Waals surface area contributed by atoms with E-state index in [0.717, 1.165) is 5.56 Å². The highest BCUT2D eigenvalue weighted by atomic mass is 19.1. The molecule has 2 N–H and O–H groups in total. The summed E-state index contributed by atoms with van der Waals surface area (Å²) >= 11 is 0. The topological polar surface area (TPSA) is 75.4 Å². The van der Waals surface area contributed by atoms with Gasteiger partial charge in [-0.25, -0.2) is 4.39 Å². The predicted molar refractivity (Wildman–Crippen MR) is 85.5 cm³/mol. The Labute approximate surface area is 133 Å². The highest BCUT2D eigenvalue weighted by Crippen LogP contribution is 2.24. The first kappa shape index (κ1) is 17.1. The molecule has 0 fully saturated rings. The van der Waals surface area contributed by atoms with Crippen molar-refractivity contribution < 1.29 is 14.4 Å². The second-order valence-electron chi connectivity index (χ2n) is 5.85. The lowest BCUT2D eigenvalue weighted by molar-refractivity contribution is -0.384. The maximum Gasteiger partial charge on any atom is 0.269 e. The van der Waals surface area contributed by atoms with Crippen molar-refractivity contribution in [1.29, 1.82) is 0 Å². The zero-order valence-corrected chi connectivity index (χ0v) is 13.0. The number of nitrogens with zero attached hydrogens (tertiary/aromatic N) is 1. The summed E-state index contributed by atoms with van der Waals surface area (Å²) in [6.45, 7) is 3.94. The van der Waals surface area contributed by atoms with Gasteiger partial charge in [-0.15, -0.1) is 0 Å².